The van der Waals surface area contributed by atoms with Crippen LogP contribution in [0, 0.1) is 0 Å². The Bertz CT molecular complexity index is 1860. The summed E-state index contributed by atoms with van der Waals surface area (Å²) >= 11 is 0. The van der Waals surface area contributed by atoms with Crippen LogP contribution in [-0.2, 0) is 6.42 Å². The lowest BCUT2D eigenvalue weighted by Gasteiger charge is -2.21. The highest BCUT2D eigenvalue weighted by Gasteiger charge is 2.19. The highest BCUT2D eigenvalue weighted by atomic mass is 14.2. The fourth-order valence-electron chi connectivity index (χ4n) is 5.94. The van der Waals surface area contributed by atoms with E-state index in [2.05, 4.69) is 140 Å². The summed E-state index contributed by atoms with van der Waals surface area (Å²) in [6.45, 7) is 4.37. The van der Waals surface area contributed by atoms with Gasteiger partial charge in [0.05, 0.1) is 0 Å². The van der Waals surface area contributed by atoms with Gasteiger partial charge in [0.1, 0.15) is 0 Å². The minimum Gasteiger partial charge on any atom is -0.0911 e. The molecule has 37 heavy (non-hydrogen) atoms. The van der Waals surface area contributed by atoms with Crippen LogP contribution in [-0.4, -0.2) is 0 Å². The van der Waals surface area contributed by atoms with E-state index in [1.165, 1.54) is 65.7 Å². The van der Waals surface area contributed by atoms with Gasteiger partial charge in [-0.25, -0.2) is 0 Å². The van der Waals surface area contributed by atoms with E-state index in [-0.39, 0.29) is 0 Å². The summed E-state index contributed by atoms with van der Waals surface area (Å²) in [6, 6.07) is 39.9. The number of fused-ring (bicyclic) bond motifs is 4. The molecule has 1 aliphatic carbocycles. The zero-order valence-electron chi connectivity index (χ0n) is 20.6. The SMILES string of the molecule is C=C1/C=C\C=C/Cc2c1cccc2-c1c2ccccc2c(-c2ccc3ccccc3c2)c2ccccc12. The molecule has 0 atom stereocenters. The molecule has 1 aliphatic rings. The fourth-order valence-corrected chi connectivity index (χ4v) is 5.94. The molecule has 0 amide bonds. The van der Waals surface area contributed by atoms with E-state index in [0.29, 0.717) is 0 Å². The van der Waals surface area contributed by atoms with Crippen LogP contribution in [0.1, 0.15) is 11.1 Å². The molecule has 0 saturated carbocycles. The van der Waals surface area contributed by atoms with Crippen molar-refractivity contribution in [3.8, 4) is 22.3 Å². The van der Waals surface area contributed by atoms with E-state index in [4.69, 9.17) is 0 Å². The van der Waals surface area contributed by atoms with Gasteiger partial charge in [-0.05, 0) is 83.8 Å². The van der Waals surface area contributed by atoms with E-state index in [1.807, 2.05) is 0 Å². The molecule has 174 valence electrons. The number of allylic oxidation sites excluding steroid dienone is 5. The molecule has 6 aromatic rings. The molecule has 7 rings (SSSR count). The minimum absolute atomic E-state index is 0.879. The van der Waals surface area contributed by atoms with Gasteiger partial charge in [-0.15, -0.1) is 0 Å². The van der Waals surface area contributed by atoms with Gasteiger partial charge in [-0.2, -0.15) is 0 Å². The maximum absolute atomic E-state index is 4.37. The topological polar surface area (TPSA) is 0 Å². The summed E-state index contributed by atoms with van der Waals surface area (Å²) in [6.07, 6.45) is 9.45. The van der Waals surface area contributed by atoms with Crippen molar-refractivity contribution in [1.82, 2.24) is 0 Å². The Kier molecular flexibility index (Phi) is 5.11. The number of hydrogen-bond acceptors (Lipinski definition) is 0. The first-order chi connectivity index (χ1) is 18.3. The lowest BCUT2D eigenvalue weighted by molar-refractivity contribution is 1.25. The first kappa shape index (κ1) is 21.6. The van der Waals surface area contributed by atoms with Gasteiger partial charge in [0, 0.05) is 0 Å². The Balaban J connectivity index is 1.60. The third-order valence-corrected chi connectivity index (χ3v) is 7.63. The summed E-state index contributed by atoms with van der Waals surface area (Å²) in [5.41, 5.74) is 8.76. The predicted molar refractivity (Wildman–Crippen MR) is 161 cm³/mol. The summed E-state index contributed by atoms with van der Waals surface area (Å²) in [7, 11) is 0. The number of hydrogen-bond donors (Lipinski definition) is 0. The van der Waals surface area contributed by atoms with Gasteiger partial charge >= 0.3 is 0 Å². The second kappa shape index (κ2) is 8.76. The van der Waals surface area contributed by atoms with Crippen LogP contribution < -0.4 is 0 Å². The van der Waals surface area contributed by atoms with Crippen LogP contribution in [0.25, 0.3) is 60.1 Å². The van der Waals surface area contributed by atoms with Crippen molar-refractivity contribution in [2.24, 2.45) is 0 Å². The average Bonchev–Trinajstić information content (AvgIpc) is 2.94. The van der Waals surface area contributed by atoms with Crippen molar-refractivity contribution < 1.29 is 0 Å². The van der Waals surface area contributed by atoms with Crippen LogP contribution in [0.15, 0.2) is 140 Å². The maximum atomic E-state index is 4.37. The van der Waals surface area contributed by atoms with Crippen molar-refractivity contribution in [2.75, 3.05) is 0 Å². The minimum atomic E-state index is 0.879. The molecule has 0 N–H and O–H groups in total. The maximum Gasteiger partial charge on any atom is -0.00233 e. The van der Waals surface area contributed by atoms with Crippen LogP contribution in [0.4, 0.5) is 0 Å². The summed E-state index contributed by atoms with van der Waals surface area (Å²) in [5.74, 6) is 0. The smallest absolute Gasteiger partial charge is 0.00233 e. The number of benzene rings is 6. The molecule has 0 aromatic heterocycles. The first-order valence-corrected chi connectivity index (χ1v) is 12.9. The normalized spacial score (nSPS) is 14.9. The zero-order chi connectivity index (χ0) is 24.8. The molecular formula is C37H26. The largest absolute Gasteiger partial charge is 0.0911 e. The van der Waals surface area contributed by atoms with Gasteiger partial charge in [-0.1, -0.05) is 134 Å². The summed E-state index contributed by atoms with van der Waals surface area (Å²) in [5, 5.41) is 7.66. The van der Waals surface area contributed by atoms with Crippen molar-refractivity contribution in [2.45, 2.75) is 6.42 Å². The van der Waals surface area contributed by atoms with Crippen molar-refractivity contribution in [3.05, 3.63) is 151 Å². The molecule has 0 saturated heterocycles. The lowest BCUT2D eigenvalue weighted by atomic mass is 9.82. The van der Waals surface area contributed by atoms with Crippen molar-refractivity contribution >= 4 is 37.9 Å². The predicted octanol–water partition coefficient (Wildman–Crippen LogP) is 10.2. The van der Waals surface area contributed by atoms with Gasteiger partial charge in [0.15, 0.2) is 0 Å². The Morgan fingerprint density at radius 3 is 1.86 bits per heavy atom. The Hall–Kier alpha value is -4.68. The molecule has 6 aromatic carbocycles. The molecule has 0 heteroatoms. The van der Waals surface area contributed by atoms with Gasteiger partial charge in [0.2, 0.25) is 0 Å². The van der Waals surface area contributed by atoms with Crippen LogP contribution in [0.2, 0.25) is 0 Å². The van der Waals surface area contributed by atoms with E-state index in [0.717, 1.165) is 12.0 Å². The molecule has 0 unspecified atom stereocenters. The highest BCUT2D eigenvalue weighted by Crippen LogP contribution is 2.45. The third-order valence-electron chi connectivity index (χ3n) is 7.63. The second-order valence-corrected chi connectivity index (χ2v) is 9.75. The average molecular weight is 471 g/mol. The molecule has 0 spiro atoms. The molecular weight excluding hydrogens is 444 g/mol. The van der Waals surface area contributed by atoms with Crippen molar-refractivity contribution in [1.29, 1.82) is 0 Å². The third kappa shape index (κ3) is 3.53. The molecule has 0 bridgehead atoms. The van der Waals surface area contributed by atoms with E-state index in [1.54, 1.807) is 0 Å². The van der Waals surface area contributed by atoms with Crippen LogP contribution in [0.3, 0.4) is 0 Å². The van der Waals surface area contributed by atoms with Gasteiger partial charge in [0.25, 0.3) is 0 Å². The second-order valence-electron chi connectivity index (χ2n) is 9.75. The monoisotopic (exact) mass is 470 g/mol. The lowest BCUT2D eigenvalue weighted by Crippen LogP contribution is -1.98. The summed E-state index contributed by atoms with van der Waals surface area (Å²) < 4.78 is 0. The molecule has 0 radical (unpaired) electrons. The van der Waals surface area contributed by atoms with E-state index in [9.17, 15) is 0 Å². The molecule has 0 heterocycles. The van der Waals surface area contributed by atoms with Crippen LogP contribution in [0.5, 0.6) is 0 Å². The number of rotatable bonds is 2. The standard InChI is InChI=1S/C37H26/c1-25-12-3-2-4-15-30-29(25)20-11-21-31(30)37-34-18-9-7-16-32(34)36(33-17-8-10-19-35(33)37)28-23-22-26-13-5-6-14-27(26)24-28/h2-14,16-24H,1,15H2/b4-2-,12-3-. The van der Waals surface area contributed by atoms with E-state index < -0.39 is 0 Å². The quantitative estimate of drug-likeness (QED) is 0.221. The fraction of sp³-hybridized carbons (Fsp3) is 0.0270. The Labute approximate surface area is 217 Å². The summed E-state index contributed by atoms with van der Waals surface area (Å²) in [4.78, 5) is 0. The van der Waals surface area contributed by atoms with Crippen LogP contribution >= 0.6 is 0 Å². The first-order valence-electron chi connectivity index (χ1n) is 12.9. The van der Waals surface area contributed by atoms with Gasteiger partial charge < -0.3 is 0 Å². The van der Waals surface area contributed by atoms with E-state index >= 15 is 0 Å². The highest BCUT2D eigenvalue weighted by molar-refractivity contribution is 6.22. The van der Waals surface area contributed by atoms with Crippen molar-refractivity contribution in [3.63, 3.8) is 0 Å². The zero-order valence-corrected chi connectivity index (χ0v) is 20.6. The Morgan fingerprint density at radius 1 is 0.514 bits per heavy atom. The molecule has 0 nitrogen and oxygen atoms in total. The molecule has 0 fully saturated rings. The Morgan fingerprint density at radius 2 is 1.14 bits per heavy atom. The molecule has 0 aliphatic heterocycles. The van der Waals surface area contributed by atoms with Gasteiger partial charge in [-0.3, -0.25) is 0 Å².